The molecule has 1 aromatic heterocycles. The van der Waals surface area contributed by atoms with Gasteiger partial charge in [0.2, 0.25) is 0 Å². The highest BCUT2D eigenvalue weighted by atomic mass is 32.2. The summed E-state index contributed by atoms with van der Waals surface area (Å²) < 4.78 is 42.4. The van der Waals surface area contributed by atoms with E-state index in [0.717, 1.165) is 5.56 Å². The number of hydrogen-bond acceptors (Lipinski definition) is 5. The van der Waals surface area contributed by atoms with Crippen LogP contribution >= 0.6 is 0 Å². The molecular formula is C19H29N3O3S2. The Bertz CT molecular complexity index is 882. The van der Waals surface area contributed by atoms with E-state index >= 15 is 0 Å². The SMILES string of the molecule is Cc1ccc(S(=O)(=O)n2cc([C@@H](N[S+]([O-])C(C)(C)C)C(C)C)nc2C)cc1. The van der Waals surface area contributed by atoms with Gasteiger partial charge >= 0.3 is 0 Å². The van der Waals surface area contributed by atoms with Crippen molar-refractivity contribution in [2.75, 3.05) is 0 Å². The summed E-state index contributed by atoms with van der Waals surface area (Å²) in [6, 6.07) is 6.40. The summed E-state index contributed by atoms with van der Waals surface area (Å²) in [4.78, 5) is 4.68. The quantitative estimate of drug-likeness (QED) is 0.735. The van der Waals surface area contributed by atoms with Crippen LogP contribution in [0, 0.1) is 19.8 Å². The fourth-order valence-electron chi connectivity index (χ4n) is 2.53. The molecule has 27 heavy (non-hydrogen) atoms. The van der Waals surface area contributed by atoms with Crippen LogP contribution in [-0.4, -0.2) is 26.7 Å². The van der Waals surface area contributed by atoms with E-state index < -0.39 is 26.1 Å². The van der Waals surface area contributed by atoms with Crippen molar-refractivity contribution in [3.63, 3.8) is 0 Å². The molecule has 150 valence electrons. The van der Waals surface area contributed by atoms with E-state index in [1.165, 1.54) is 10.2 Å². The summed E-state index contributed by atoms with van der Waals surface area (Å²) in [6.45, 7) is 13.2. The lowest BCUT2D eigenvalue weighted by Gasteiger charge is -2.28. The first-order chi connectivity index (χ1) is 12.3. The number of aryl methyl sites for hydroxylation is 2. The lowest BCUT2D eigenvalue weighted by atomic mass is 10.0. The van der Waals surface area contributed by atoms with Crippen molar-refractivity contribution in [2.45, 2.75) is 64.2 Å². The molecule has 0 spiro atoms. The van der Waals surface area contributed by atoms with Gasteiger partial charge in [0.15, 0.2) is 0 Å². The van der Waals surface area contributed by atoms with Crippen LogP contribution in [0.15, 0.2) is 35.4 Å². The molecule has 0 fully saturated rings. The van der Waals surface area contributed by atoms with Gasteiger partial charge in [0.25, 0.3) is 10.0 Å². The maximum absolute atomic E-state index is 13.0. The monoisotopic (exact) mass is 411 g/mol. The zero-order valence-corrected chi connectivity index (χ0v) is 18.6. The molecule has 6 nitrogen and oxygen atoms in total. The number of nitrogens with zero attached hydrogens (tertiary/aromatic N) is 2. The van der Waals surface area contributed by atoms with Gasteiger partial charge in [-0.05, 0) is 52.7 Å². The highest BCUT2D eigenvalue weighted by Crippen LogP contribution is 2.27. The van der Waals surface area contributed by atoms with E-state index in [1.807, 2.05) is 41.5 Å². The molecule has 1 N–H and O–H groups in total. The molecule has 0 saturated heterocycles. The van der Waals surface area contributed by atoms with Crippen LogP contribution in [0.2, 0.25) is 0 Å². The topological polar surface area (TPSA) is 87.0 Å². The maximum Gasteiger partial charge on any atom is 0.269 e. The second-order valence-corrected chi connectivity index (χ2v) is 11.9. The maximum atomic E-state index is 13.0. The molecule has 0 saturated carbocycles. The van der Waals surface area contributed by atoms with Crippen molar-refractivity contribution in [1.82, 2.24) is 13.7 Å². The predicted octanol–water partition coefficient (Wildman–Crippen LogP) is 3.49. The molecule has 2 aromatic rings. The first-order valence-electron chi connectivity index (χ1n) is 8.90. The van der Waals surface area contributed by atoms with Crippen molar-refractivity contribution < 1.29 is 13.0 Å². The number of rotatable bonds is 6. The van der Waals surface area contributed by atoms with E-state index in [0.29, 0.717) is 11.5 Å². The van der Waals surface area contributed by atoms with Crippen LogP contribution in [0.5, 0.6) is 0 Å². The number of hydrogen-bond donors (Lipinski definition) is 1. The average Bonchev–Trinajstić information content (AvgIpc) is 2.93. The molecule has 1 aromatic carbocycles. The second-order valence-electron chi connectivity index (χ2n) is 8.05. The molecule has 0 aliphatic heterocycles. The molecule has 8 heteroatoms. The highest BCUT2D eigenvalue weighted by molar-refractivity contribution is 7.90. The van der Waals surface area contributed by atoms with E-state index in [-0.39, 0.29) is 16.9 Å². The van der Waals surface area contributed by atoms with Gasteiger partial charge in [0, 0.05) is 17.6 Å². The summed E-state index contributed by atoms with van der Waals surface area (Å²) in [7, 11) is -3.73. The molecule has 0 radical (unpaired) electrons. The number of aromatic nitrogens is 2. The molecule has 0 aliphatic carbocycles. The zero-order chi connectivity index (χ0) is 20.6. The average molecular weight is 412 g/mol. The van der Waals surface area contributed by atoms with Crippen LogP contribution in [0.3, 0.4) is 0 Å². The van der Waals surface area contributed by atoms with E-state index in [4.69, 9.17) is 0 Å². The molecule has 0 amide bonds. The molecule has 1 unspecified atom stereocenters. The summed E-state index contributed by atoms with van der Waals surface area (Å²) in [5.41, 5.74) is 1.56. The minimum absolute atomic E-state index is 0.0844. The third-order valence-corrected chi connectivity index (χ3v) is 7.55. The van der Waals surface area contributed by atoms with Crippen molar-refractivity contribution in [3.8, 4) is 0 Å². The van der Waals surface area contributed by atoms with Gasteiger partial charge in [0.1, 0.15) is 10.6 Å². The van der Waals surface area contributed by atoms with Gasteiger partial charge in [-0.1, -0.05) is 31.5 Å². The third kappa shape index (κ3) is 4.93. The van der Waals surface area contributed by atoms with Crippen LogP contribution < -0.4 is 4.72 Å². The minimum atomic E-state index is -3.73. The molecule has 1 heterocycles. The minimum Gasteiger partial charge on any atom is -0.598 e. The summed E-state index contributed by atoms with van der Waals surface area (Å²) in [5.74, 6) is 0.459. The Morgan fingerprint density at radius 2 is 1.70 bits per heavy atom. The normalized spacial score (nSPS) is 15.1. The lowest BCUT2D eigenvalue weighted by molar-refractivity contribution is 0.445. The van der Waals surface area contributed by atoms with Crippen LogP contribution in [0.1, 0.15) is 57.7 Å². The van der Waals surface area contributed by atoms with Gasteiger partial charge in [-0.15, -0.1) is 4.72 Å². The second kappa shape index (κ2) is 7.95. The predicted molar refractivity (Wildman–Crippen MR) is 109 cm³/mol. The Kier molecular flexibility index (Phi) is 6.46. The number of imidazole rings is 1. The molecule has 0 bridgehead atoms. The highest BCUT2D eigenvalue weighted by Gasteiger charge is 2.33. The number of nitrogens with one attached hydrogen (secondary N) is 1. The first-order valence-corrected chi connectivity index (χ1v) is 11.5. The van der Waals surface area contributed by atoms with Crippen molar-refractivity contribution in [1.29, 1.82) is 0 Å². The third-order valence-electron chi connectivity index (χ3n) is 4.21. The smallest absolute Gasteiger partial charge is 0.269 e. The largest absolute Gasteiger partial charge is 0.598 e. The van der Waals surface area contributed by atoms with Gasteiger partial charge in [-0.25, -0.2) is 17.4 Å². The van der Waals surface area contributed by atoms with Crippen LogP contribution in [-0.2, 0) is 21.4 Å². The van der Waals surface area contributed by atoms with E-state index in [9.17, 15) is 13.0 Å². The molecule has 0 aliphatic rings. The fourth-order valence-corrected chi connectivity index (χ4v) is 4.85. The summed E-state index contributed by atoms with van der Waals surface area (Å²) >= 11 is -1.29. The summed E-state index contributed by atoms with van der Waals surface area (Å²) in [5, 5.41) is 0. The van der Waals surface area contributed by atoms with Gasteiger partial charge in [0.05, 0.1) is 16.6 Å². The van der Waals surface area contributed by atoms with Crippen molar-refractivity contribution in [2.24, 2.45) is 5.92 Å². The Balaban J connectivity index is 2.42. The Morgan fingerprint density at radius 1 is 1.15 bits per heavy atom. The Morgan fingerprint density at radius 3 is 2.19 bits per heavy atom. The standard InChI is InChI=1S/C19H29N3O3S2/c1-13(2)18(21-26(23)19(5,6)7)17-12-22(15(4)20-17)27(24,25)16-10-8-14(3)9-11-16/h8-13,18,21H,1-7H3/t18-,26?/m0/s1. The zero-order valence-electron chi connectivity index (χ0n) is 17.0. The van der Waals surface area contributed by atoms with Crippen LogP contribution in [0.25, 0.3) is 0 Å². The van der Waals surface area contributed by atoms with Gasteiger partial charge in [-0.3, -0.25) is 0 Å². The van der Waals surface area contributed by atoms with Crippen LogP contribution in [0.4, 0.5) is 0 Å². The summed E-state index contributed by atoms with van der Waals surface area (Å²) in [6.07, 6.45) is 1.53. The van der Waals surface area contributed by atoms with E-state index in [2.05, 4.69) is 9.71 Å². The van der Waals surface area contributed by atoms with Crippen molar-refractivity contribution >= 4 is 21.4 Å². The van der Waals surface area contributed by atoms with Gasteiger partial charge < -0.3 is 4.55 Å². The van der Waals surface area contributed by atoms with Crippen molar-refractivity contribution in [3.05, 3.63) is 47.5 Å². The van der Waals surface area contributed by atoms with E-state index in [1.54, 1.807) is 31.2 Å². The molecular weight excluding hydrogens is 382 g/mol. The fraction of sp³-hybridized carbons (Fsp3) is 0.526. The van der Waals surface area contributed by atoms with Gasteiger partial charge in [-0.2, -0.15) is 0 Å². The molecule has 2 atom stereocenters. The molecule has 2 rings (SSSR count). The first kappa shape index (κ1) is 21.9. The Labute approximate surface area is 165 Å². The lowest BCUT2D eigenvalue weighted by Crippen LogP contribution is -2.42. The Hall–Kier alpha value is -1.35. The number of benzene rings is 1.